The predicted molar refractivity (Wildman–Crippen MR) is 59.5 cm³/mol. The van der Waals surface area contributed by atoms with Gasteiger partial charge in [-0.05, 0) is 19.8 Å². The van der Waals surface area contributed by atoms with E-state index in [1.54, 1.807) is 18.9 Å². The fourth-order valence-electron chi connectivity index (χ4n) is 2.03. The number of rotatable bonds is 3. The van der Waals surface area contributed by atoms with Crippen molar-refractivity contribution in [1.29, 1.82) is 0 Å². The van der Waals surface area contributed by atoms with Crippen molar-refractivity contribution in [2.24, 2.45) is 0 Å². The minimum Gasteiger partial charge on any atom is -0.388 e. The SMILES string of the molecule is CC(S)C(=O)N(C)CC1(O)CCCC1. The van der Waals surface area contributed by atoms with Gasteiger partial charge in [-0.1, -0.05) is 12.8 Å². The number of amides is 1. The second kappa shape index (κ2) is 4.53. The van der Waals surface area contributed by atoms with Gasteiger partial charge in [0.25, 0.3) is 0 Å². The molecule has 1 saturated carbocycles. The summed E-state index contributed by atoms with van der Waals surface area (Å²) in [6.45, 7) is 2.19. The van der Waals surface area contributed by atoms with Crippen LogP contribution >= 0.6 is 12.6 Å². The molecule has 0 aromatic carbocycles. The van der Waals surface area contributed by atoms with Gasteiger partial charge in [0.05, 0.1) is 10.9 Å². The maximum absolute atomic E-state index is 11.5. The van der Waals surface area contributed by atoms with E-state index in [0.717, 1.165) is 25.7 Å². The topological polar surface area (TPSA) is 40.5 Å². The molecule has 1 N–H and O–H groups in total. The third-order valence-corrected chi connectivity index (χ3v) is 3.02. The summed E-state index contributed by atoms with van der Waals surface area (Å²) >= 11 is 4.08. The van der Waals surface area contributed by atoms with Gasteiger partial charge in [-0.2, -0.15) is 12.6 Å². The number of likely N-dealkylation sites (N-methyl/N-ethyl adjacent to an activating group) is 1. The van der Waals surface area contributed by atoms with Gasteiger partial charge < -0.3 is 10.0 Å². The van der Waals surface area contributed by atoms with Crippen LogP contribution in [0.15, 0.2) is 0 Å². The molecule has 0 aromatic rings. The lowest BCUT2D eigenvalue weighted by molar-refractivity contribution is -0.132. The number of thiol groups is 1. The first-order valence-corrected chi connectivity index (χ1v) is 5.62. The van der Waals surface area contributed by atoms with E-state index < -0.39 is 5.60 Å². The van der Waals surface area contributed by atoms with Crippen LogP contribution in [0.25, 0.3) is 0 Å². The lowest BCUT2D eigenvalue weighted by Gasteiger charge is -2.29. The largest absolute Gasteiger partial charge is 0.388 e. The molecule has 1 unspecified atom stereocenters. The molecular weight excluding hydrogens is 198 g/mol. The molecular formula is C10H19NO2S. The van der Waals surface area contributed by atoms with Crippen molar-refractivity contribution in [2.45, 2.75) is 43.5 Å². The van der Waals surface area contributed by atoms with Crippen LogP contribution in [0.4, 0.5) is 0 Å². The molecule has 0 aromatic heterocycles. The summed E-state index contributed by atoms with van der Waals surface area (Å²) in [5.74, 6) is -0.0198. The fourth-order valence-corrected chi connectivity index (χ4v) is 2.23. The number of hydrogen-bond acceptors (Lipinski definition) is 3. The van der Waals surface area contributed by atoms with Crippen LogP contribution in [0.1, 0.15) is 32.6 Å². The zero-order valence-electron chi connectivity index (χ0n) is 8.86. The highest BCUT2D eigenvalue weighted by Crippen LogP contribution is 2.30. The number of carbonyl (C=O) groups excluding carboxylic acids is 1. The van der Waals surface area contributed by atoms with Crippen molar-refractivity contribution in [3.05, 3.63) is 0 Å². The second-order valence-electron chi connectivity index (χ2n) is 4.30. The zero-order valence-corrected chi connectivity index (χ0v) is 9.76. The number of nitrogens with zero attached hydrogens (tertiary/aromatic N) is 1. The Balaban J connectivity index is 2.47. The Kier molecular flexibility index (Phi) is 3.84. The first kappa shape index (κ1) is 11.9. The van der Waals surface area contributed by atoms with Crippen molar-refractivity contribution >= 4 is 18.5 Å². The molecule has 3 nitrogen and oxygen atoms in total. The molecule has 82 valence electrons. The third-order valence-electron chi connectivity index (χ3n) is 2.80. The van der Waals surface area contributed by atoms with E-state index in [0.29, 0.717) is 6.54 Å². The minimum atomic E-state index is -0.646. The average molecular weight is 217 g/mol. The highest BCUT2D eigenvalue weighted by molar-refractivity contribution is 7.81. The minimum absolute atomic E-state index is 0.0198. The summed E-state index contributed by atoms with van der Waals surface area (Å²) in [5.41, 5.74) is -0.646. The predicted octanol–water partition coefficient (Wildman–Crippen LogP) is 1.07. The van der Waals surface area contributed by atoms with E-state index in [4.69, 9.17) is 0 Å². The maximum atomic E-state index is 11.5. The molecule has 1 atom stereocenters. The summed E-state index contributed by atoms with van der Waals surface area (Å²) in [5, 5.41) is 9.79. The molecule has 1 aliphatic carbocycles. The molecule has 1 aliphatic rings. The lowest BCUT2D eigenvalue weighted by Crippen LogP contribution is -2.44. The van der Waals surface area contributed by atoms with Crippen molar-refractivity contribution in [1.82, 2.24) is 4.90 Å². The van der Waals surface area contributed by atoms with Gasteiger partial charge in [-0.3, -0.25) is 4.79 Å². The van der Waals surface area contributed by atoms with Crippen LogP contribution in [0, 0.1) is 0 Å². The Labute approximate surface area is 90.9 Å². The Hall–Kier alpha value is -0.220. The standard InChI is InChI=1S/C10H19NO2S/c1-8(14)9(12)11(2)7-10(13)5-3-4-6-10/h8,13-14H,3-7H2,1-2H3. The van der Waals surface area contributed by atoms with E-state index in [9.17, 15) is 9.90 Å². The average Bonchev–Trinajstić information content (AvgIpc) is 2.50. The summed E-state index contributed by atoms with van der Waals surface area (Å²) in [6.07, 6.45) is 3.75. The highest BCUT2D eigenvalue weighted by atomic mass is 32.1. The number of hydrogen-bond donors (Lipinski definition) is 2. The normalized spacial score (nSPS) is 22.0. The van der Waals surface area contributed by atoms with Crippen molar-refractivity contribution in [3.8, 4) is 0 Å². The molecule has 0 heterocycles. The Morgan fingerprint density at radius 3 is 2.50 bits per heavy atom. The van der Waals surface area contributed by atoms with Crippen molar-refractivity contribution in [3.63, 3.8) is 0 Å². The summed E-state index contributed by atoms with van der Waals surface area (Å²) in [6, 6.07) is 0. The van der Waals surface area contributed by atoms with Gasteiger partial charge in [0.1, 0.15) is 0 Å². The number of carbonyl (C=O) groups is 1. The zero-order chi connectivity index (χ0) is 10.8. The number of aliphatic hydroxyl groups is 1. The third kappa shape index (κ3) is 2.89. The Bertz CT molecular complexity index is 212. The van der Waals surface area contributed by atoms with E-state index in [1.807, 2.05) is 0 Å². The smallest absolute Gasteiger partial charge is 0.234 e. The highest BCUT2D eigenvalue weighted by Gasteiger charge is 2.33. The van der Waals surface area contributed by atoms with E-state index in [1.165, 1.54) is 0 Å². The molecule has 0 aliphatic heterocycles. The van der Waals surface area contributed by atoms with E-state index in [2.05, 4.69) is 12.6 Å². The first-order valence-electron chi connectivity index (χ1n) is 5.10. The second-order valence-corrected chi connectivity index (χ2v) is 5.08. The molecule has 0 bridgehead atoms. The molecule has 0 spiro atoms. The summed E-state index contributed by atoms with van der Waals surface area (Å²) < 4.78 is 0. The monoisotopic (exact) mass is 217 g/mol. The molecule has 4 heteroatoms. The fraction of sp³-hybridized carbons (Fsp3) is 0.900. The summed E-state index contributed by atoms with van der Waals surface area (Å²) in [7, 11) is 1.73. The van der Waals surface area contributed by atoms with Crippen LogP contribution in [0.5, 0.6) is 0 Å². The Morgan fingerprint density at radius 2 is 2.07 bits per heavy atom. The van der Waals surface area contributed by atoms with Crippen LogP contribution in [0.3, 0.4) is 0 Å². The van der Waals surface area contributed by atoms with Gasteiger partial charge in [-0.15, -0.1) is 0 Å². The lowest BCUT2D eigenvalue weighted by atomic mass is 10.0. The van der Waals surface area contributed by atoms with Crippen molar-refractivity contribution in [2.75, 3.05) is 13.6 Å². The molecule has 1 rings (SSSR count). The van der Waals surface area contributed by atoms with E-state index in [-0.39, 0.29) is 11.2 Å². The van der Waals surface area contributed by atoms with Crippen LogP contribution in [0.2, 0.25) is 0 Å². The molecule has 0 radical (unpaired) electrons. The van der Waals surface area contributed by atoms with Gasteiger partial charge >= 0.3 is 0 Å². The first-order chi connectivity index (χ1) is 6.44. The van der Waals surface area contributed by atoms with Crippen LogP contribution in [-0.2, 0) is 4.79 Å². The van der Waals surface area contributed by atoms with Gasteiger partial charge in [0.2, 0.25) is 5.91 Å². The molecule has 14 heavy (non-hydrogen) atoms. The van der Waals surface area contributed by atoms with E-state index >= 15 is 0 Å². The molecule has 0 saturated heterocycles. The maximum Gasteiger partial charge on any atom is 0.234 e. The van der Waals surface area contributed by atoms with Crippen molar-refractivity contribution < 1.29 is 9.90 Å². The Morgan fingerprint density at radius 1 is 1.57 bits per heavy atom. The quantitative estimate of drug-likeness (QED) is 0.694. The van der Waals surface area contributed by atoms with Gasteiger partial charge in [-0.25, -0.2) is 0 Å². The van der Waals surface area contributed by atoms with Crippen LogP contribution in [-0.4, -0.2) is 40.4 Å². The van der Waals surface area contributed by atoms with Gasteiger partial charge in [0.15, 0.2) is 0 Å². The molecule has 1 amide bonds. The van der Waals surface area contributed by atoms with Crippen LogP contribution < -0.4 is 0 Å². The molecule has 1 fully saturated rings. The van der Waals surface area contributed by atoms with Gasteiger partial charge in [0, 0.05) is 13.6 Å². The summed E-state index contributed by atoms with van der Waals surface area (Å²) in [4.78, 5) is 13.1.